The average Bonchev–Trinajstić information content (AvgIpc) is 2.19. The molecule has 0 radical (unpaired) electrons. The third-order valence-electron chi connectivity index (χ3n) is 1.93. The third-order valence-corrected chi connectivity index (χ3v) is 1.93. The Kier molecular flexibility index (Phi) is 3.19. The van der Waals surface area contributed by atoms with E-state index >= 15 is 0 Å². The number of aromatic nitrogens is 1. The number of rotatable bonds is 3. The Hall–Kier alpha value is -1.89. The molecule has 4 heteroatoms. The molecule has 0 amide bonds. The van der Waals surface area contributed by atoms with Crippen molar-refractivity contribution in [2.24, 2.45) is 0 Å². The zero-order valence-corrected chi connectivity index (χ0v) is 7.77. The number of pyridine rings is 1. The van der Waals surface area contributed by atoms with Crippen molar-refractivity contribution >= 4 is 5.97 Å². The lowest BCUT2D eigenvalue weighted by atomic mass is 10.1. The fourth-order valence-corrected chi connectivity index (χ4v) is 1.06. The van der Waals surface area contributed by atoms with Crippen molar-refractivity contribution in [3.8, 4) is 6.07 Å². The second-order valence-electron chi connectivity index (χ2n) is 2.85. The molecule has 0 saturated carbocycles. The first-order valence-electron chi connectivity index (χ1n) is 4.26. The molecule has 0 aliphatic carbocycles. The van der Waals surface area contributed by atoms with Crippen molar-refractivity contribution in [2.75, 3.05) is 0 Å². The van der Waals surface area contributed by atoms with E-state index in [9.17, 15) is 4.79 Å². The largest absolute Gasteiger partial charge is 0.480 e. The first-order chi connectivity index (χ1) is 6.69. The van der Waals surface area contributed by atoms with E-state index in [1.54, 1.807) is 24.4 Å². The van der Waals surface area contributed by atoms with Crippen LogP contribution in [0.3, 0.4) is 0 Å². The maximum atomic E-state index is 10.6. The van der Waals surface area contributed by atoms with Crippen LogP contribution in [0.2, 0.25) is 0 Å². The number of carboxylic acid groups (broad SMARTS) is 1. The zero-order valence-electron chi connectivity index (χ0n) is 7.77. The first-order valence-corrected chi connectivity index (χ1v) is 4.26. The van der Waals surface area contributed by atoms with Crippen molar-refractivity contribution in [1.29, 1.82) is 5.26 Å². The topological polar surface area (TPSA) is 74.0 Å². The van der Waals surface area contributed by atoms with E-state index in [0.717, 1.165) is 12.0 Å². The Morgan fingerprint density at radius 1 is 1.71 bits per heavy atom. The van der Waals surface area contributed by atoms with Crippen molar-refractivity contribution in [3.05, 3.63) is 29.6 Å². The van der Waals surface area contributed by atoms with Crippen LogP contribution >= 0.6 is 0 Å². The lowest BCUT2D eigenvalue weighted by molar-refractivity contribution is -0.137. The monoisotopic (exact) mass is 190 g/mol. The number of aliphatic carboxylic acids is 1. The van der Waals surface area contributed by atoms with Gasteiger partial charge in [-0.05, 0) is 18.1 Å². The predicted octanol–water partition coefficient (Wildman–Crippen LogP) is 1.34. The van der Waals surface area contributed by atoms with E-state index < -0.39 is 11.9 Å². The Morgan fingerprint density at radius 2 is 2.43 bits per heavy atom. The molecule has 0 aliphatic rings. The summed E-state index contributed by atoms with van der Waals surface area (Å²) in [5.41, 5.74) is 1.31. The molecule has 4 nitrogen and oxygen atoms in total. The van der Waals surface area contributed by atoms with Gasteiger partial charge in [0.2, 0.25) is 0 Å². The molecule has 1 unspecified atom stereocenters. The normalized spacial score (nSPS) is 11.7. The van der Waals surface area contributed by atoms with Crippen LogP contribution in [0.5, 0.6) is 0 Å². The SMILES string of the molecule is CCc1ccc(C(C#N)C(=O)O)nc1. The molecule has 14 heavy (non-hydrogen) atoms. The van der Waals surface area contributed by atoms with Crippen LogP contribution in [-0.2, 0) is 11.2 Å². The highest BCUT2D eigenvalue weighted by Gasteiger charge is 2.19. The first kappa shape index (κ1) is 10.2. The van der Waals surface area contributed by atoms with Gasteiger partial charge in [-0.1, -0.05) is 13.0 Å². The lowest BCUT2D eigenvalue weighted by Gasteiger charge is -2.03. The van der Waals surface area contributed by atoms with E-state index in [1.165, 1.54) is 0 Å². The summed E-state index contributed by atoms with van der Waals surface area (Å²) in [6.07, 6.45) is 2.44. The van der Waals surface area contributed by atoms with Crippen LogP contribution in [0, 0.1) is 11.3 Å². The van der Waals surface area contributed by atoms with Gasteiger partial charge >= 0.3 is 5.97 Å². The molecule has 1 heterocycles. The number of nitriles is 1. The molecule has 0 fully saturated rings. The molecule has 0 bridgehead atoms. The number of hydrogen-bond acceptors (Lipinski definition) is 3. The Bertz CT molecular complexity index is 365. The molecular weight excluding hydrogens is 180 g/mol. The quantitative estimate of drug-likeness (QED) is 0.780. The van der Waals surface area contributed by atoms with Gasteiger partial charge in [0.15, 0.2) is 5.92 Å². The number of carbonyl (C=O) groups is 1. The van der Waals surface area contributed by atoms with Crippen LogP contribution in [0.25, 0.3) is 0 Å². The lowest BCUT2D eigenvalue weighted by Crippen LogP contribution is -2.10. The summed E-state index contributed by atoms with van der Waals surface area (Å²) < 4.78 is 0. The van der Waals surface area contributed by atoms with Crippen LogP contribution in [0.4, 0.5) is 0 Å². The second kappa shape index (κ2) is 4.38. The van der Waals surface area contributed by atoms with Gasteiger partial charge in [0, 0.05) is 6.20 Å². The van der Waals surface area contributed by atoms with Crippen molar-refractivity contribution < 1.29 is 9.90 Å². The second-order valence-corrected chi connectivity index (χ2v) is 2.85. The van der Waals surface area contributed by atoms with Crippen LogP contribution in [0.1, 0.15) is 24.1 Å². The molecule has 72 valence electrons. The fraction of sp³-hybridized carbons (Fsp3) is 0.300. The summed E-state index contributed by atoms with van der Waals surface area (Å²) >= 11 is 0. The summed E-state index contributed by atoms with van der Waals surface area (Å²) in [5.74, 6) is -2.33. The number of carboxylic acids is 1. The molecule has 0 aliphatic heterocycles. The molecule has 1 aromatic heterocycles. The minimum absolute atomic E-state index is 0.289. The Balaban J connectivity index is 2.96. The molecular formula is C10H10N2O2. The molecule has 0 saturated heterocycles. The van der Waals surface area contributed by atoms with E-state index in [0.29, 0.717) is 0 Å². The zero-order chi connectivity index (χ0) is 10.6. The minimum Gasteiger partial charge on any atom is -0.480 e. The summed E-state index contributed by atoms with van der Waals surface area (Å²) in [7, 11) is 0. The highest BCUT2D eigenvalue weighted by atomic mass is 16.4. The summed E-state index contributed by atoms with van der Waals surface area (Å²) in [6.45, 7) is 1.98. The van der Waals surface area contributed by atoms with Crippen molar-refractivity contribution in [2.45, 2.75) is 19.3 Å². The minimum atomic E-state index is -1.17. The number of nitrogens with zero attached hydrogens (tertiary/aromatic N) is 2. The maximum Gasteiger partial charge on any atom is 0.327 e. The van der Waals surface area contributed by atoms with Gasteiger partial charge in [-0.15, -0.1) is 0 Å². The van der Waals surface area contributed by atoms with Gasteiger partial charge < -0.3 is 5.11 Å². The van der Waals surface area contributed by atoms with Crippen LogP contribution < -0.4 is 0 Å². The van der Waals surface area contributed by atoms with Gasteiger partial charge in [0.05, 0.1) is 11.8 Å². The van der Waals surface area contributed by atoms with Crippen molar-refractivity contribution in [3.63, 3.8) is 0 Å². The Morgan fingerprint density at radius 3 is 2.79 bits per heavy atom. The fourth-order valence-electron chi connectivity index (χ4n) is 1.06. The van der Waals surface area contributed by atoms with Gasteiger partial charge in [0.1, 0.15) is 0 Å². The van der Waals surface area contributed by atoms with E-state index in [1.807, 2.05) is 6.92 Å². The number of hydrogen-bond donors (Lipinski definition) is 1. The van der Waals surface area contributed by atoms with E-state index in [4.69, 9.17) is 10.4 Å². The van der Waals surface area contributed by atoms with Gasteiger partial charge in [-0.3, -0.25) is 9.78 Å². The van der Waals surface area contributed by atoms with E-state index in [2.05, 4.69) is 4.98 Å². The summed E-state index contributed by atoms with van der Waals surface area (Å²) in [6, 6.07) is 5.06. The molecule has 1 aromatic rings. The highest BCUT2D eigenvalue weighted by Crippen LogP contribution is 2.12. The molecule has 0 spiro atoms. The van der Waals surface area contributed by atoms with E-state index in [-0.39, 0.29) is 5.69 Å². The van der Waals surface area contributed by atoms with Gasteiger partial charge in [-0.2, -0.15) is 5.26 Å². The average molecular weight is 190 g/mol. The third kappa shape index (κ3) is 2.07. The highest BCUT2D eigenvalue weighted by molar-refractivity contribution is 5.78. The van der Waals surface area contributed by atoms with Crippen LogP contribution in [0.15, 0.2) is 18.3 Å². The molecule has 1 atom stereocenters. The molecule has 0 aromatic carbocycles. The smallest absolute Gasteiger partial charge is 0.327 e. The van der Waals surface area contributed by atoms with Crippen molar-refractivity contribution in [1.82, 2.24) is 4.98 Å². The van der Waals surface area contributed by atoms with Crippen LogP contribution in [-0.4, -0.2) is 16.1 Å². The summed E-state index contributed by atoms with van der Waals surface area (Å²) in [4.78, 5) is 14.6. The number of aryl methyl sites for hydroxylation is 1. The standard InChI is InChI=1S/C10H10N2O2/c1-2-7-3-4-9(12-6-7)8(5-11)10(13)14/h3-4,6,8H,2H2,1H3,(H,13,14). The maximum absolute atomic E-state index is 10.6. The summed E-state index contributed by atoms with van der Waals surface area (Å²) in [5, 5.41) is 17.3. The molecule has 1 rings (SSSR count). The molecule has 1 N–H and O–H groups in total. The van der Waals surface area contributed by atoms with Gasteiger partial charge in [-0.25, -0.2) is 0 Å². The predicted molar refractivity (Wildman–Crippen MR) is 49.6 cm³/mol. The Labute approximate surface area is 81.8 Å². The van der Waals surface area contributed by atoms with Gasteiger partial charge in [0.25, 0.3) is 0 Å².